The summed E-state index contributed by atoms with van der Waals surface area (Å²) in [4.78, 5) is 2.62. The second-order valence-electron chi connectivity index (χ2n) is 5.28. The number of ether oxygens (including phenoxy) is 1. The van der Waals surface area contributed by atoms with Gasteiger partial charge in [-0.1, -0.05) is 0 Å². The summed E-state index contributed by atoms with van der Waals surface area (Å²) in [6.07, 6.45) is 5.74. The lowest BCUT2D eigenvalue weighted by molar-refractivity contribution is -0.0843. The molecule has 2 fully saturated rings. The van der Waals surface area contributed by atoms with E-state index in [9.17, 15) is 0 Å². The van der Waals surface area contributed by atoms with Crippen LogP contribution in [0.2, 0.25) is 0 Å². The highest BCUT2D eigenvalue weighted by Gasteiger charge is 2.29. The molecule has 1 aliphatic carbocycles. The number of morpholine rings is 1. The highest BCUT2D eigenvalue weighted by Crippen LogP contribution is 2.24. The lowest BCUT2D eigenvalue weighted by Crippen LogP contribution is -2.51. The molecule has 2 aliphatic rings. The fourth-order valence-electron chi connectivity index (χ4n) is 2.98. The quantitative estimate of drug-likeness (QED) is 0.713. The van der Waals surface area contributed by atoms with Crippen LogP contribution in [-0.2, 0) is 4.74 Å². The average Bonchev–Trinajstić information content (AvgIpc) is 2.17. The molecule has 3 heteroatoms. The van der Waals surface area contributed by atoms with Crippen molar-refractivity contribution in [1.29, 1.82) is 0 Å². The van der Waals surface area contributed by atoms with Gasteiger partial charge in [0.1, 0.15) is 0 Å². The van der Waals surface area contributed by atoms with Crippen molar-refractivity contribution in [3.8, 4) is 0 Å². The van der Waals surface area contributed by atoms with Gasteiger partial charge >= 0.3 is 0 Å². The maximum Gasteiger partial charge on any atom is 0.0678 e. The molecule has 0 aromatic heterocycles. The van der Waals surface area contributed by atoms with E-state index in [0.717, 1.165) is 19.1 Å². The minimum atomic E-state index is 0.393. The van der Waals surface area contributed by atoms with Gasteiger partial charge in [-0.15, -0.1) is 0 Å². The first-order valence-corrected chi connectivity index (χ1v) is 6.30. The molecule has 0 bridgehead atoms. The molecule has 3 nitrogen and oxygen atoms in total. The maximum absolute atomic E-state index is 5.94. The molecule has 1 saturated carbocycles. The van der Waals surface area contributed by atoms with Gasteiger partial charge in [0.25, 0.3) is 0 Å². The van der Waals surface area contributed by atoms with Crippen molar-refractivity contribution in [3.63, 3.8) is 0 Å². The molecule has 2 rings (SSSR count). The van der Waals surface area contributed by atoms with Crippen molar-refractivity contribution in [1.82, 2.24) is 4.90 Å². The summed E-state index contributed by atoms with van der Waals surface area (Å²) in [5.41, 5.74) is 5.94. The second kappa shape index (κ2) is 4.81. The molecule has 0 radical (unpaired) electrons. The largest absolute Gasteiger partial charge is 0.373 e. The summed E-state index contributed by atoms with van der Waals surface area (Å²) in [7, 11) is 0. The van der Waals surface area contributed by atoms with Gasteiger partial charge in [0.2, 0.25) is 0 Å². The normalized spacial score (nSPS) is 44.2. The SMILES string of the molecule is CC1CN(C2CCC(N)CC2)CC(C)O1. The van der Waals surface area contributed by atoms with Crippen LogP contribution in [0.4, 0.5) is 0 Å². The van der Waals surface area contributed by atoms with Crippen LogP contribution in [0.25, 0.3) is 0 Å². The smallest absolute Gasteiger partial charge is 0.0678 e. The Morgan fingerprint density at radius 2 is 1.53 bits per heavy atom. The molecule has 15 heavy (non-hydrogen) atoms. The molecule has 1 heterocycles. The number of nitrogens with zero attached hydrogens (tertiary/aromatic N) is 1. The molecule has 1 aliphatic heterocycles. The molecule has 1 saturated heterocycles. The van der Waals surface area contributed by atoms with Gasteiger partial charge in [-0.25, -0.2) is 0 Å². The summed E-state index contributed by atoms with van der Waals surface area (Å²) in [5, 5.41) is 0. The predicted molar refractivity (Wildman–Crippen MR) is 61.8 cm³/mol. The molecule has 2 atom stereocenters. The van der Waals surface area contributed by atoms with Crippen molar-refractivity contribution in [2.24, 2.45) is 5.73 Å². The highest BCUT2D eigenvalue weighted by molar-refractivity contribution is 4.84. The zero-order valence-corrected chi connectivity index (χ0v) is 9.98. The van der Waals surface area contributed by atoms with Gasteiger partial charge in [0.15, 0.2) is 0 Å². The molecule has 2 unspecified atom stereocenters. The van der Waals surface area contributed by atoms with E-state index in [1.165, 1.54) is 25.7 Å². The van der Waals surface area contributed by atoms with Gasteiger partial charge in [-0.05, 0) is 39.5 Å². The first kappa shape index (κ1) is 11.4. The predicted octanol–water partition coefficient (Wildman–Crippen LogP) is 1.37. The van der Waals surface area contributed by atoms with E-state index in [1.807, 2.05) is 0 Å². The van der Waals surface area contributed by atoms with Crippen LogP contribution in [0.1, 0.15) is 39.5 Å². The van der Waals surface area contributed by atoms with Crippen LogP contribution in [0.15, 0.2) is 0 Å². The van der Waals surface area contributed by atoms with Crippen molar-refractivity contribution in [3.05, 3.63) is 0 Å². The number of nitrogens with two attached hydrogens (primary N) is 1. The van der Waals surface area contributed by atoms with Crippen molar-refractivity contribution in [2.75, 3.05) is 13.1 Å². The van der Waals surface area contributed by atoms with E-state index in [4.69, 9.17) is 10.5 Å². The van der Waals surface area contributed by atoms with Gasteiger partial charge in [0, 0.05) is 25.2 Å². The molecule has 0 amide bonds. The molecular weight excluding hydrogens is 188 g/mol. The van der Waals surface area contributed by atoms with Gasteiger partial charge in [0.05, 0.1) is 12.2 Å². The fourth-order valence-corrected chi connectivity index (χ4v) is 2.98. The maximum atomic E-state index is 5.94. The Morgan fingerprint density at radius 3 is 2.07 bits per heavy atom. The summed E-state index contributed by atoms with van der Waals surface area (Å²) < 4.78 is 5.76. The molecule has 0 spiro atoms. The Hall–Kier alpha value is -0.120. The van der Waals surface area contributed by atoms with Crippen LogP contribution in [0, 0.1) is 0 Å². The summed E-state index contributed by atoms with van der Waals surface area (Å²) in [6.45, 7) is 6.56. The topological polar surface area (TPSA) is 38.5 Å². The van der Waals surface area contributed by atoms with Crippen molar-refractivity contribution < 1.29 is 4.74 Å². The summed E-state index contributed by atoms with van der Waals surface area (Å²) in [6, 6.07) is 1.22. The first-order valence-electron chi connectivity index (χ1n) is 6.30. The number of hydrogen-bond donors (Lipinski definition) is 1. The minimum Gasteiger partial charge on any atom is -0.373 e. The van der Waals surface area contributed by atoms with Crippen molar-refractivity contribution in [2.45, 2.75) is 63.8 Å². The van der Waals surface area contributed by atoms with E-state index >= 15 is 0 Å². The highest BCUT2D eigenvalue weighted by atomic mass is 16.5. The Kier molecular flexibility index (Phi) is 3.65. The third-order valence-electron chi connectivity index (χ3n) is 3.71. The first-order chi connectivity index (χ1) is 7.15. The lowest BCUT2D eigenvalue weighted by Gasteiger charge is -2.42. The summed E-state index contributed by atoms with van der Waals surface area (Å²) in [5.74, 6) is 0. The van der Waals surface area contributed by atoms with Crippen LogP contribution in [0.5, 0.6) is 0 Å². The summed E-state index contributed by atoms with van der Waals surface area (Å²) >= 11 is 0. The van der Waals surface area contributed by atoms with E-state index in [-0.39, 0.29) is 0 Å². The van der Waals surface area contributed by atoms with E-state index in [1.54, 1.807) is 0 Å². The third kappa shape index (κ3) is 2.92. The zero-order valence-electron chi connectivity index (χ0n) is 9.98. The van der Waals surface area contributed by atoms with Crippen LogP contribution >= 0.6 is 0 Å². The van der Waals surface area contributed by atoms with Gasteiger partial charge in [-0.2, -0.15) is 0 Å². The fraction of sp³-hybridized carbons (Fsp3) is 1.00. The Labute approximate surface area is 93.0 Å². The molecule has 88 valence electrons. The van der Waals surface area contributed by atoms with E-state index in [2.05, 4.69) is 18.7 Å². The number of rotatable bonds is 1. The molecule has 0 aromatic carbocycles. The van der Waals surface area contributed by atoms with E-state index in [0.29, 0.717) is 18.2 Å². The third-order valence-corrected chi connectivity index (χ3v) is 3.71. The second-order valence-corrected chi connectivity index (χ2v) is 5.28. The average molecular weight is 212 g/mol. The standard InChI is InChI=1S/C12H24N2O/c1-9-7-14(8-10(2)15-9)12-5-3-11(13)4-6-12/h9-12H,3-8,13H2,1-2H3. The van der Waals surface area contributed by atoms with Gasteiger partial charge in [-0.3, -0.25) is 4.90 Å². The van der Waals surface area contributed by atoms with Crippen LogP contribution in [0.3, 0.4) is 0 Å². The lowest BCUT2D eigenvalue weighted by atomic mass is 9.90. The van der Waals surface area contributed by atoms with Gasteiger partial charge < -0.3 is 10.5 Å². The molecule has 0 aromatic rings. The molecular formula is C12H24N2O. The van der Waals surface area contributed by atoms with Crippen LogP contribution < -0.4 is 5.73 Å². The minimum absolute atomic E-state index is 0.393. The zero-order chi connectivity index (χ0) is 10.8. The van der Waals surface area contributed by atoms with Crippen LogP contribution in [-0.4, -0.2) is 42.3 Å². The molecule has 2 N–H and O–H groups in total. The Morgan fingerprint density at radius 1 is 1.00 bits per heavy atom. The number of hydrogen-bond acceptors (Lipinski definition) is 3. The van der Waals surface area contributed by atoms with Crippen molar-refractivity contribution >= 4 is 0 Å². The Balaban J connectivity index is 1.87. The Bertz CT molecular complexity index is 192. The van der Waals surface area contributed by atoms with E-state index < -0.39 is 0 Å². The monoisotopic (exact) mass is 212 g/mol.